The summed E-state index contributed by atoms with van der Waals surface area (Å²) in [4.78, 5) is 11.3. The molecule has 0 aromatic heterocycles. The third-order valence-corrected chi connectivity index (χ3v) is 2.29. The topological polar surface area (TPSA) is 26.3 Å². The van der Waals surface area contributed by atoms with E-state index in [1.54, 1.807) is 0 Å². The van der Waals surface area contributed by atoms with E-state index >= 15 is 0 Å². The summed E-state index contributed by atoms with van der Waals surface area (Å²) in [6.45, 7) is 0.594. The highest BCUT2D eigenvalue weighted by Crippen LogP contribution is 2.13. The molecule has 0 radical (unpaired) electrons. The number of hydrogen-bond donors (Lipinski definition) is 0. The van der Waals surface area contributed by atoms with E-state index in [2.05, 4.69) is 0 Å². The third kappa shape index (κ3) is 1.95. The molecule has 68 valence electrons. The molecule has 13 heavy (non-hydrogen) atoms. The smallest absolute Gasteiger partial charge is 0.164 e. The normalized spacial score (nSPS) is 22.2. The summed E-state index contributed by atoms with van der Waals surface area (Å²) in [5.41, 5.74) is 1.17. The molecule has 1 atom stereocenters. The number of benzene rings is 1. The Balaban J connectivity index is 2.02. The van der Waals surface area contributed by atoms with E-state index in [1.807, 2.05) is 30.3 Å². The fourth-order valence-corrected chi connectivity index (χ4v) is 1.56. The van der Waals surface area contributed by atoms with Gasteiger partial charge in [0.2, 0.25) is 0 Å². The van der Waals surface area contributed by atoms with Gasteiger partial charge in [0.15, 0.2) is 5.78 Å². The second kappa shape index (κ2) is 3.71. The monoisotopic (exact) mass is 176 g/mol. The molecule has 0 amide bonds. The van der Waals surface area contributed by atoms with Crippen molar-refractivity contribution in [2.75, 3.05) is 6.61 Å². The Kier molecular flexibility index (Phi) is 2.41. The van der Waals surface area contributed by atoms with Crippen LogP contribution in [0.1, 0.15) is 12.0 Å². The van der Waals surface area contributed by atoms with Gasteiger partial charge in [-0.3, -0.25) is 4.79 Å². The lowest BCUT2D eigenvalue weighted by molar-refractivity contribution is -0.122. The highest BCUT2D eigenvalue weighted by atomic mass is 16.5. The Morgan fingerprint density at radius 2 is 2.08 bits per heavy atom. The number of Topliss-reactive ketones (excluding diaryl/α,β-unsaturated/α-hetero) is 1. The van der Waals surface area contributed by atoms with E-state index in [4.69, 9.17) is 4.74 Å². The first-order chi connectivity index (χ1) is 6.36. The largest absolute Gasteiger partial charge is 0.370 e. The number of hydrogen-bond acceptors (Lipinski definition) is 2. The highest BCUT2D eigenvalue weighted by Gasteiger charge is 2.24. The van der Waals surface area contributed by atoms with Crippen LogP contribution in [0.3, 0.4) is 0 Å². The van der Waals surface area contributed by atoms with E-state index < -0.39 is 0 Å². The number of ketones is 1. The van der Waals surface area contributed by atoms with Crippen LogP contribution in [0.5, 0.6) is 0 Å². The maximum atomic E-state index is 11.3. The lowest BCUT2D eigenvalue weighted by Gasteiger charge is -2.06. The third-order valence-electron chi connectivity index (χ3n) is 2.29. The maximum Gasteiger partial charge on any atom is 0.164 e. The van der Waals surface area contributed by atoms with E-state index in [0.29, 0.717) is 13.0 Å². The minimum absolute atomic E-state index is 0.192. The Hall–Kier alpha value is -1.15. The Bertz CT molecular complexity index is 292. The average molecular weight is 176 g/mol. The second-order valence-corrected chi connectivity index (χ2v) is 3.27. The molecule has 2 heteroatoms. The number of carbonyl (C=O) groups is 1. The van der Waals surface area contributed by atoms with Crippen LogP contribution in [0.25, 0.3) is 0 Å². The van der Waals surface area contributed by atoms with Crippen LogP contribution in [0.15, 0.2) is 30.3 Å². The van der Waals surface area contributed by atoms with E-state index in [0.717, 1.165) is 6.42 Å². The summed E-state index contributed by atoms with van der Waals surface area (Å²) in [5.74, 6) is 0.240. The van der Waals surface area contributed by atoms with Gasteiger partial charge in [-0.15, -0.1) is 0 Å². The minimum Gasteiger partial charge on any atom is -0.370 e. The molecule has 2 nitrogen and oxygen atoms in total. The zero-order chi connectivity index (χ0) is 9.10. The van der Waals surface area contributed by atoms with Crippen molar-refractivity contribution in [3.63, 3.8) is 0 Å². The Morgan fingerprint density at radius 3 is 2.69 bits per heavy atom. The zero-order valence-corrected chi connectivity index (χ0v) is 7.40. The molecule has 0 bridgehead atoms. The summed E-state index contributed by atoms with van der Waals surface area (Å²) < 4.78 is 5.32. The van der Waals surface area contributed by atoms with E-state index in [1.165, 1.54) is 5.56 Å². The van der Waals surface area contributed by atoms with Crippen LogP contribution in [-0.2, 0) is 16.0 Å². The van der Waals surface area contributed by atoms with Crippen molar-refractivity contribution < 1.29 is 9.53 Å². The van der Waals surface area contributed by atoms with Gasteiger partial charge in [-0.2, -0.15) is 0 Å². The minimum atomic E-state index is -0.192. The van der Waals surface area contributed by atoms with Crippen LogP contribution in [0.2, 0.25) is 0 Å². The molecule has 0 spiro atoms. The van der Waals surface area contributed by atoms with Crippen LogP contribution in [-0.4, -0.2) is 18.5 Å². The molecular weight excluding hydrogens is 164 g/mol. The standard InChI is InChI=1S/C11H12O2/c12-10-6-7-13-11(10)8-9-4-2-1-3-5-9/h1-5,11H,6-8H2. The molecule has 1 heterocycles. The van der Waals surface area contributed by atoms with Gasteiger partial charge < -0.3 is 4.74 Å². The fourth-order valence-electron chi connectivity index (χ4n) is 1.56. The quantitative estimate of drug-likeness (QED) is 0.684. The zero-order valence-electron chi connectivity index (χ0n) is 7.40. The number of ether oxygens (including phenoxy) is 1. The molecule has 0 saturated carbocycles. The SMILES string of the molecule is O=C1CCOC1Cc1ccccc1. The van der Waals surface area contributed by atoms with E-state index in [-0.39, 0.29) is 11.9 Å². The first-order valence-electron chi connectivity index (χ1n) is 4.54. The predicted molar refractivity (Wildman–Crippen MR) is 49.5 cm³/mol. The molecule has 1 saturated heterocycles. The molecule has 1 aliphatic heterocycles. The van der Waals surface area contributed by atoms with Gasteiger partial charge in [-0.1, -0.05) is 30.3 Å². The van der Waals surface area contributed by atoms with Crippen LogP contribution >= 0.6 is 0 Å². The predicted octanol–water partition coefficient (Wildman–Crippen LogP) is 1.59. The number of carbonyl (C=O) groups excluding carboxylic acids is 1. The van der Waals surface area contributed by atoms with Crippen molar-refractivity contribution in [2.45, 2.75) is 18.9 Å². The fraction of sp³-hybridized carbons (Fsp3) is 0.364. The van der Waals surface area contributed by atoms with Crippen molar-refractivity contribution in [3.8, 4) is 0 Å². The van der Waals surface area contributed by atoms with Gasteiger partial charge >= 0.3 is 0 Å². The molecule has 2 rings (SSSR count). The molecule has 1 unspecified atom stereocenters. The summed E-state index contributed by atoms with van der Waals surface area (Å²) in [7, 11) is 0. The van der Waals surface area contributed by atoms with Gasteiger partial charge in [0.05, 0.1) is 6.61 Å². The highest BCUT2D eigenvalue weighted by molar-refractivity contribution is 5.84. The van der Waals surface area contributed by atoms with Crippen molar-refractivity contribution >= 4 is 5.78 Å². The van der Waals surface area contributed by atoms with Gasteiger partial charge in [0.25, 0.3) is 0 Å². The second-order valence-electron chi connectivity index (χ2n) is 3.27. The van der Waals surface area contributed by atoms with Crippen LogP contribution in [0.4, 0.5) is 0 Å². The molecule has 1 aromatic carbocycles. The lowest BCUT2D eigenvalue weighted by Crippen LogP contribution is -2.18. The van der Waals surface area contributed by atoms with Gasteiger partial charge in [0, 0.05) is 12.8 Å². The van der Waals surface area contributed by atoms with Gasteiger partial charge in [-0.05, 0) is 5.56 Å². The first-order valence-corrected chi connectivity index (χ1v) is 4.54. The lowest BCUT2D eigenvalue weighted by atomic mass is 10.1. The van der Waals surface area contributed by atoms with Gasteiger partial charge in [-0.25, -0.2) is 0 Å². The van der Waals surface area contributed by atoms with Crippen LogP contribution in [0, 0.1) is 0 Å². The maximum absolute atomic E-state index is 11.3. The molecular formula is C11H12O2. The average Bonchev–Trinajstić information content (AvgIpc) is 2.54. The summed E-state index contributed by atoms with van der Waals surface area (Å²) in [5, 5.41) is 0. The summed E-state index contributed by atoms with van der Waals surface area (Å²) in [6, 6.07) is 9.98. The van der Waals surface area contributed by atoms with E-state index in [9.17, 15) is 4.79 Å². The van der Waals surface area contributed by atoms with Crippen molar-refractivity contribution in [3.05, 3.63) is 35.9 Å². The first kappa shape index (κ1) is 8.45. The van der Waals surface area contributed by atoms with Crippen molar-refractivity contribution in [2.24, 2.45) is 0 Å². The molecule has 0 N–H and O–H groups in total. The molecule has 1 aromatic rings. The van der Waals surface area contributed by atoms with Crippen molar-refractivity contribution in [1.29, 1.82) is 0 Å². The molecule has 1 aliphatic rings. The van der Waals surface area contributed by atoms with Crippen molar-refractivity contribution in [1.82, 2.24) is 0 Å². The van der Waals surface area contributed by atoms with Gasteiger partial charge in [0.1, 0.15) is 6.10 Å². The summed E-state index contributed by atoms with van der Waals surface area (Å²) >= 11 is 0. The molecule has 1 fully saturated rings. The molecule has 0 aliphatic carbocycles. The Morgan fingerprint density at radius 1 is 1.31 bits per heavy atom. The summed E-state index contributed by atoms with van der Waals surface area (Å²) in [6.07, 6.45) is 1.11. The number of rotatable bonds is 2. The van der Waals surface area contributed by atoms with Crippen LogP contribution < -0.4 is 0 Å². The Labute approximate surface area is 77.5 Å².